The summed E-state index contributed by atoms with van der Waals surface area (Å²) in [5, 5.41) is 2.60. The summed E-state index contributed by atoms with van der Waals surface area (Å²) < 4.78 is 28.1. The van der Waals surface area contributed by atoms with Crippen LogP contribution in [-0.4, -0.2) is 52.3 Å². The minimum atomic E-state index is -0.993. The van der Waals surface area contributed by atoms with Gasteiger partial charge in [0.15, 0.2) is 0 Å². The van der Waals surface area contributed by atoms with Gasteiger partial charge >= 0.3 is 17.9 Å². The lowest BCUT2D eigenvalue weighted by molar-refractivity contribution is 0.0506. The number of benzene rings is 1. The molecule has 1 saturated heterocycles. The minimum absolute atomic E-state index is 0.0510. The molecule has 11 nitrogen and oxygen atoms in total. The van der Waals surface area contributed by atoms with Crippen molar-refractivity contribution in [2.45, 2.75) is 85.0 Å². The lowest BCUT2D eigenvalue weighted by Crippen LogP contribution is -2.48. The number of anilines is 1. The molecule has 1 aromatic heterocycles. The second kappa shape index (κ2) is 10.3. The summed E-state index contributed by atoms with van der Waals surface area (Å²) in [5.41, 5.74) is -1.20. The third-order valence-corrected chi connectivity index (χ3v) is 7.04. The number of amides is 2. The summed E-state index contributed by atoms with van der Waals surface area (Å²) in [4.78, 5) is 53.1. The van der Waals surface area contributed by atoms with Crippen LogP contribution < -0.4 is 26.9 Å². The van der Waals surface area contributed by atoms with Crippen LogP contribution in [-0.2, 0) is 9.47 Å². The molecule has 2 amide bonds. The Hall–Kier alpha value is -3.28. The normalized spacial score (nSPS) is 19.6. The van der Waals surface area contributed by atoms with Crippen molar-refractivity contribution in [3.8, 4) is 0 Å². The predicted molar refractivity (Wildman–Crippen MR) is 150 cm³/mol. The molecule has 220 valence electrons. The van der Waals surface area contributed by atoms with Crippen LogP contribution in [0.5, 0.6) is 0 Å². The van der Waals surface area contributed by atoms with Gasteiger partial charge in [0.2, 0.25) is 0 Å². The van der Waals surface area contributed by atoms with Gasteiger partial charge in [-0.2, -0.15) is 4.68 Å². The van der Waals surface area contributed by atoms with Crippen LogP contribution in [0.25, 0.3) is 10.9 Å². The number of hydrogen-bond donors (Lipinski definition) is 2. The maximum atomic E-state index is 15.7. The largest absolute Gasteiger partial charge is 0.444 e. The molecule has 0 spiro atoms. The zero-order valence-corrected chi connectivity index (χ0v) is 24.7. The van der Waals surface area contributed by atoms with Crippen molar-refractivity contribution in [3.63, 3.8) is 0 Å². The third-order valence-electron chi connectivity index (χ3n) is 6.69. The van der Waals surface area contributed by atoms with Crippen molar-refractivity contribution in [1.29, 1.82) is 0 Å². The molecular weight excluding hydrogens is 545 g/mol. The van der Waals surface area contributed by atoms with E-state index in [1.165, 1.54) is 4.57 Å². The SMILES string of the molecule is CC1(CNC(=O)OC(C)(C)C)CCN(c2c(F)cc3c(=O)n(NC(=O)OC(C)(C)C)c(=O)n(C4CC4)c3c2Cl)C1. The van der Waals surface area contributed by atoms with E-state index in [1.807, 2.05) is 6.92 Å². The molecule has 0 radical (unpaired) electrons. The van der Waals surface area contributed by atoms with Crippen molar-refractivity contribution in [2.75, 3.05) is 30.0 Å². The maximum absolute atomic E-state index is 15.7. The van der Waals surface area contributed by atoms with Gasteiger partial charge in [0.25, 0.3) is 5.56 Å². The zero-order valence-electron chi connectivity index (χ0n) is 23.9. The highest BCUT2D eigenvalue weighted by atomic mass is 35.5. The number of halogens is 2. The molecule has 2 N–H and O–H groups in total. The van der Waals surface area contributed by atoms with Crippen molar-refractivity contribution >= 4 is 40.4 Å². The second-order valence-electron chi connectivity index (χ2n) is 12.9. The summed E-state index contributed by atoms with van der Waals surface area (Å²) in [6, 6.07) is 0.805. The van der Waals surface area contributed by atoms with E-state index in [2.05, 4.69) is 10.7 Å². The molecular formula is C27H37ClFN5O6. The molecule has 2 aliphatic rings. The van der Waals surface area contributed by atoms with Crippen LogP contribution in [0.4, 0.5) is 19.7 Å². The fourth-order valence-corrected chi connectivity index (χ4v) is 5.22. The number of nitrogens with one attached hydrogen (secondary N) is 2. The van der Waals surface area contributed by atoms with Crippen molar-refractivity contribution in [3.05, 3.63) is 37.7 Å². The molecule has 0 bridgehead atoms. The van der Waals surface area contributed by atoms with E-state index < -0.39 is 45.9 Å². The quantitative estimate of drug-likeness (QED) is 0.532. The molecule has 2 heterocycles. The Kier molecular flexibility index (Phi) is 7.63. The third kappa shape index (κ3) is 6.37. The van der Waals surface area contributed by atoms with E-state index in [4.69, 9.17) is 21.1 Å². The van der Waals surface area contributed by atoms with Crippen LogP contribution >= 0.6 is 11.6 Å². The average Bonchev–Trinajstić information content (AvgIpc) is 3.56. The molecule has 1 aliphatic heterocycles. The summed E-state index contributed by atoms with van der Waals surface area (Å²) in [5.74, 6) is -0.733. The Bertz CT molecular complexity index is 1470. The molecule has 1 aromatic carbocycles. The first-order valence-corrected chi connectivity index (χ1v) is 13.7. The van der Waals surface area contributed by atoms with Gasteiger partial charge < -0.3 is 19.7 Å². The first-order valence-electron chi connectivity index (χ1n) is 13.3. The molecule has 2 fully saturated rings. The number of aromatic nitrogens is 2. The Morgan fingerprint density at radius 1 is 1.10 bits per heavy atom. The summed E-state index contributed by atoms with van der Waals surface area (Å²) in [6.45, 7) is 13.4. The fraction of sp³-hybridized carbons (Fsp3) is 0.630. The van der Waals surface area contributed by atoms with Crippen molar-refractivity contribution in [1.82, 2.24) is 14.6 Å². The highest BCUT2D eigenvalue weighted by Crippen LogP contribution is 2.43. The number of carbonyl (C=O) groups excluding carboxylic acids is 2. The molecule has 4 rings (SSSR count). The highest BCUT2D eigenvalue weighted by Gasteiger charge is 2.38. The van der Waals surface area contributed by atoms with E-state index in [9.17, 15) is 19.2 Å². The Morgan fingerprint density at radius 3 is 2.27 bits per heavy atom. The topological polar surface area (TPSA) is 124 Å². The van der Waals surface area contributed by atoms with E-state index in [-0.39, 0.29) is 27.7 Å². The van der Waals surface area contributed by atoms with Gasteiger partial charge in [-0.25, -0.2) is 24.2 Å². The highest BCUT2D eigenvalue weighted by molar-refractivity contribution is 6.38. The smallest absolute Gasteiger partial charge is 0.427 e. The number of rotatable bonds is 5. The fourth-order valence-electron chi connectivity index (χ4n) is 4.82. The molecule has 1 aliphatic carbocycles. The Morgan fingerprint density at radius 2 is 1.70 bits per heavy atom. The molecule has 1 saturated carbocycles. The maximum Gasteiger partial charge on any atom is 0.427 e. The van der Waals surface area contributed by atoms with E-state index in [0.717, 1.165) is 6.07 Å². The van der Waals surface area contributed by atoms with Gasteiger partial charge in [-0.3, -0.25) is 9.36 Å². The van der Waals surface area contributed by atoms with Crippen molar-refractivity contribution < 1.29 is 23.5 Å². The number of hydrogen-bond acceptors (Lipinski definition) is 7. The Labute approximate surface area is 236 Å². The van der Waals surface area contributed by atoms with Crippen LogP contribution in [0.15, 0.2) is 15.7 Å². The predicted octanol–water partition coefficient (Wildman–Crippen LogP) is 4.51. The van der Waals surface area contributed by atoms with Crippen LogP contribution in [0.2, 0.25) is 5.02 Å². The second-order valence-corrected chi connectivity index (χ2v) is 13.3. The first kappa shape index (κ1) is 29.7. The first-order chi connectivity index (χ1) is 18.4. The number of fused-ring (bicyclic) bond motifs is 1. The average molecular weight is 582 g/mol. The summed E-state index contributed by atoms with van der Waals surface area (Å²) in [6.07, 6.45) is 0.439. The van der Waals surface area contributed by atoms with Gasteiger partial charge in [0.05, 0.1) is 21.6 Å². The van der Waals surface area contributed by atoms with Gasteiger partial charge in [-0.15, -0.1) is 0 Å². The van der Waals surface area contributed by atoms with E-state index in [1.54, 1.807) is 46.4 Å². The van der Waals surface area contributed by atoms with E-state index >= 15 is 4.39 Å². The zero-order chi connectivity index (χ0) is 29.8. The van der Waals surface area contributed by atoms with Gasteiger partial charge in [-0.05, 0) is 66.9 Å². The standard InChI is InChI=1S/C27H37ClFN5O6/c1-25(2,3)39-22(36)30-13-27(7)10-11-32(14-27)20-17(29)12-16-19(18(20)28)33(15-8-9-15)24(38)34(21(16)35)31-23(37)40-26(4,5)6/h12,15H,8-11,13-14H2,1-7H3,(H,30,36)(H,31,37). The Balaban J connectivity index is 1.69. The molecule has 1 unspecified atom stereocenters. The van der Waals surface area contributed by atoms with E-state index in [0.29, 0.717) is 43.6 Å². The number of nitrogens with zero attached hydrogens (tertiary/aromatic N) is 3. The van der Waals surface area contributed by atoms with Gasteiger partial charge in [0, 0.05) is 31.1 Å². The number of ether oxygens (including phenoxy) is 2. The number of carbonyl (C=O) groups is 2. The van der Waals surface area contributed by atoms with Crippen LogP contribution in [0, 0.1) is 11.2 Å². The monoisotopic (exact) mass is 581 g/mol. The lowest BCUT2D eigenvalue weighted by atomic mass is 9.90. The summed E-state index contributed by atoms with van der Waals surface area (Å²) in [7, 11) is 0. The van der Waals surface area contributed by atoms with Gasteiger partial charge in [-0.1, -0.05) is 18.5 Å². The molecule has 1 atom stereocenters. The van der Waals surface area contributed by atoms with Gasteiger partial charge in [0.1, 0.15) is 17.0 Å². The molecule has 13 heteroatoms. The summed E-state index contributed by atoms with van der Waals surface area (Å²) >= 11 is 6.80. The lowest BCUT2D eigenvalue weighted by Gasteiger charge is -2.28. The van der Waals surface area contributed by atoms with Crippen LogP contribution in [0.1, 0.15) is 73.8 Å². The van der Waals surface area contributed by atoms with Crippen LogP contribution in [0.3, 0.4) is 0 Å². The molecule has 40 heavy (non-hydrogen) atoms. The molecule has 2 aromatic rings. The van der Waals surface area contributed by atoms with Crippen molar-refractivity contribution in [2.24, 2.45) is 5.41 Å². The number of alkyl carbamates (subject to hydrolysis) is 1. The minimum Gasteiger partial charge on any atom is -0.444 e.